The van der Waals surface area contributed by atoms with Gasteiger partial charge in [-0.15, -0.1) is 0 Å². The molecule has 2 rings (SSSR count). The quantitative estimate of drug-likeness (QED) is 0.576. The van der Waals surface area contributed by atoms with Gasteiger partial charge in [0, 0.05) is 8.95 Å². The maximum atomic E-state index is 5.76. The van der Waals surface area contributed by atoms with Crippen LogP contribution in [0.25, 0.3) is 0 Å². The predicted octanol–water partition coefficient (Wildman–Crippen LogP) is 3.78. The highest BCUT2D eigenvalue weighted by molar-refractivity contribution is 9.11. The third-order valence-electron chi connectivity index (χ3n) is 3.18. The van der Waals surface area contributed by atoms with Gasteiger partial charge in [-0.1, -0.05) is 37.9 Å². The van der Waals surface area contributed by atoms with Crippen LogP contribution in [0.5, 0.6) is 11.5 Å². The van der Waals surface area contributed by atoms with Crippen molar-refractivity contribution < 1.29 is 9.47 Å². The lowest BCUT2D eigenvalue weighted by Gasteiger charge is -2.20. The fraction of sp³-hybridized carbons (Fsp3) is 0.200. The molecule has 0 spiro atoms. The zero-order chi connectivity index (χ0) is 15.4. The van der Waals surface area contributed by atoms with Crippen molar-refractivity contribution in [2.75, 3.05) is 14.2 Å². The standard InChI is InChI=1S/C15H16Br2N2O2/c1-20-13-6-3-9(7-14(13)21-2)15(19-18)11-8-10(16)4-5-12(11)17/h3-8,15,19H,18H2,1-2H3. The van der Waals surface area contributed by atoms with Gasteiger partial charge in [0.1, 0.15) is 0 Å². The van der Waals surface area contributed by atoms with Crippen molar-refractivity contribution in [3.05, 3.63) is 56.5 Å². The van der Waals surface area contributed by atoms with E-state index in [9.17, 15) is 0 Å². The van der Waals surface area contributed by atoms with Gasteiger partial charge in [-0.2, -0.15) is 0 Å². The molecule has 1 atom stereocenters. The molecule has 21 heavy (non-hydrogen) atoms. The maximum Gasteiger partial charge on any atom is 0.161 e. The first kappa shape index (κ1) is 16.3. The van der Waals surface area contributed by atoms with Crippen molar-refractivity contribution in [3.8, 4) is 11.5 Å². The van der Waals surface area contributed by atoms with E-state index in [4.69, 9.17) is 15.3 Å². The second-order valence-electron chi connectivity index (χ2n) is 4.38. The number of halogens is 2. The topological polar surface area (TPSA) is 56.5 Å². The van der Waals surface area contributed by atoms with Gasteiger partial charge in [0.15, 0.2) is 11.5 Å². The third-order valence-corrected chi connectivity index (χ3v) is 4.39. The summed E-state index contributed by atoms with van der Waals surface area (Å²) in [5.41, 5.74) is 4.85. The highest BCUT2D eigenvalue weighted by atomic mass is 79.9. The Morgan fingerprint density at radius 1 is 1.00 bits per heavy atom. The van der Waals surface area contributed by atoms with E-state index in [1.165, 1.54) is 0 Å². The van der Waals surface area contributed by atoms with Crippen molar-refractivity contribution in [1.82, 2.24) is 5.43 Å². The van der Waals surface area contributed by atoms with Crippen molar-refractivity contribution >= 4 is 31.9 Å². The molecule has 0 aromatic heterocycles. The van der Waals surface area contributed by atoms with Gasteiger partial charge in [0.2, 0.25) is 0 Å². The van der Waals surface area contributed by atoms with Gasteiger partial charge < -0.3 is 9.47 Å². The molecule has 112 valence electrons. The Labute approximate surface area is 140 Å². The molecule has 0 radical (unpaired) electrons. The van der Waals surface area contributed by atoms with Crippen LogP contribution in [-0.4, -0.2) is 14.2 Å². The van der Waals surface area contributed by atoms with Crippen LogP contribution < -0.4 is 20.7 Å². The number of nitrogens with one attached hydrogen (secondary N) is 1. The summed E-state index contributed by atoms with van der Waals surface area (Å²) < 4.78 is 12.6. The molecule has 3 N–H and O–H groups in total. The minimum Gasteiger partial charge on any atom is -0.493 e. The Morgan fingerprint density at radius 3 is 2.33 bits per heavy atom. The molecule has 6 heteroatoms. The Bertz CT molecular complexity index is 635. The van der Waals surface area contributed by atoms with Gasteiger partial charge in [0.25, 0.3) is 0 Å². The molecule has 0 saturated heterocycles. The van der Waals surface area contributed by atoms with Crippen molar-refractivity contribution in [2.45, 2.75) is 6.04 Å². The van der Waals surface area contributed by atoms with E-state index in [0.29, 0.717) is 11.5 Å². The van der Waals surface area contributed by atoms with E-state index < -0.39 is 0 Å². The normalized spacial score (nSPS) is 12.0. The summed E-state index contributed by atoms with van der Waals surface area (Å²) in [6.45, 7) is 0. The van der Waals surface area contributed by atoms with Crippen LogP contribution in [0.3, 0.4) is 0 Å². The molecule has 0 aliphatic heterocycles. The van der Waals surface area contributed by atoms with Crippen LogP contribution >= 0.6 is 31.9 Å². The summed E-state index contributed by atoms with van der Waals surface area (Å²) in [4.78, 5) is 0. The number of benzene rings is 2. The molecule has 2 aromatic carbocycles. The second-order valence-corrected chi connectivity index (χ2v) is 6.15. The number of hydrazine groups is 1. The van der Waals surface area contributed by atoms with Crippen molar-refractivity contribution in [2.24, 2.45) is 5.84 Å². The minimum atomic E-state index is -0.170. The summed E-state index contributed by atoms with van der Waals surface area (Å²) >= 11 is 7.04. The van der Waals surface area contributed by atoms with E-state index >= 15 is 0 Å². The summed E-state index contributed by atoms with van der Waals surface area (Å²) in [5, 5.41) is 0. The van der Waals surface area contributed by atoms with E-state index in [2.05, 4.69) is 37.3 Å². The van der Waals surface area contributed by atoms with E-state index in [0.717, 1.165) is 20.1 Å². The highest BCUT2D eigenvalue weighted by Gasteiger charge is 2.18. The molecule has 0 amide bonds. The SMILES string of the molecule is COc1ccc(C(NN)c2cc(Br)ccc2Br)cc1OC. The van der Waals surface area contributed by atoms with E-state index in [1.807, 2.05) is 36.4 Å². The molecular formula is C15H16Br2N2O2. The first-order valence-electron chi connectivity index (χ1n) is 6.23. The summed E-state index contributed by atoms with van der Waals surface area (Å²) in [7, 11) is 3.22. The van der Waals surface area contributed by atoms with Gasteiger partial charge in [-0.3, -0.25) is 5.84 Å². The lowest BCUT2D eigenvalue weighted by molar-refractivity contribution is 0.354. The van der Waals surface area contributed by atoms with E-state index in [1.54, 1.807) is 14.2 Å². The summed E-state index contributed by atoms with van der Waals surface area (Å²) in [5.74, 6) is 7.11. The van der Waals surface area contributed by atoms with E-state index in [-0.39, 0.29) is 6.04 Å². The van der Waals surface area contributed by atoms with Gasteiger partial charge in [-0.05, 0) is 41.5 Å². The fourth-order valence-corrected chi connectivity index (χ4v) is 2.99. The lowest BCUT2D eigenvalue weighted by Crippen LogP contribution is -2.29. The highest BCUT2D eigenvalue weighted by Crippen LogP contribution is 2.35. The van der Waals surface area contributed by atoms with Gasteiger partial charge >= 0.3 is 0 Å². The number of methoxy groups -OCH3 is 2. The molecule has 0 heterocycles. The second kappa shape index (κ2) is 7.26. The molecule has 2 aromatic rings. The minimum absolute atomic E-state index is 0.170. The first-order valence-corrected chi connectivity index (χ1v) is 7.82. The zero-order valence-corrected chi connectivity index (χ0v) is 14.9. The number of nitrogens with two attached hydrogens (primary N) is 1. The number of ether oxygens (including phenoxy) is 2. The molecule has 0 saturated carbocycles. The average Bonchev–Trinajstić information content (AvgIpc) is 2.51. The number of hydrogen-bond donors (Lipinski definition) is 2. The number of rotatable bonds is 5. The lowest BCUT2D eigenvalue weighted by atomic mass is 9.99. The van der Waals surface area contributed by atoms with Crippen LogP contribution in [0, 0.1) is 0 Å². The first-order chi connectivity index (χ1) is 10.1. The van der Waals surface area contributed by atoms with Crippen LogP contribution in [0.15, 0.2) is 45.3 Å². The summed E-state index contributed by atoms with van der Waals surface area (Å²) in [6, 6.07) is 11.5. The Balaban J connectivity index is 2.48. The molecule has 0 aliphatic rings. The van der Waals surface area contributed by atoms with Crippen LogP contribution in [-0.2, 0) is 0 Å². The third kappa shape index (κ3) is 3.58. The zero-order valence-electron chi connectivity index (χ0n) is 11.7. The van der Waals surface area contributed by atoms with Gasteiger partial charge in [-0.25, -0.2) is 5.43 Å². The molecule has 0 fully saturated rings. The fourth-order valence-electron chi connectivity index (χ4n) is 2.13. The Morgan fingerprint density at radius 2 is 1.71 bits per heavy atom. The molecular weight excluding hydrogens is 400 g/mol. The summed E-state index contributed by atoms with van der Waals surface area (Å²) in [6.07, 6.45) is 0. The van der Waals surface area contributed by atoms with Crippen LogP contribution in [0.2, 0.25) is 0 Å². The van der Waals surface area contributed by atoms with Crippen LogP contribution in [0.1, 0.15) is 17.2 Å². The van der Waals surface area contributed by atoms with Gasteiger partial charge in [0.05, 0.1) is 20.3 Å². The number of hydrogen-bond acceptors (Lipinski definition) is 4. The van der Waals surface area contributed by atoms with Crippen molar-refractivity contribution in [1.29, 1.82) is 0 Å². The molecule has 0 aliphatic carbocycles. The van der Waals surface area contributed by atoms with Crippen LogP contribution in [0.4, 0.5) is 0 Å². The maximum absolute atomic E-state index is 5.76. The molecule has 4 nitrogen and oxygen atoms in total. The average molecular weight is 416 g/mol. The largest absolute Gasteiger partial charge is 0.493 e. The van der Waals surface area contributed by atoms with Crippen molar-refractivity contribution in [3.63, 3.8) is 0 Å². The monoisotopic (exact) mass is 414 g/mol. The molecule has 0 bridgehead atoms. The Kier molecular flexibility index (Phi) is 5.64. The predicted molar refractivity (Wildman–Crippen MR) is 90.6 cm³/mol. The Hall–Kier alpha value is -1.08. The smallest absolute Gasteiger partial charge is 0.161 e. The molecule has 1 unspecified atom stereocenters.